The van der Waals surface area contributed by atoms with Crippen LogP contribution in [0.3, 0.4) is 0 Å². The third-order valence-corrected chi connectivity index (χ3v) is 2.61. The first-order chi connectivity index (χ1) is 6.75. The number of carboxylic acids is 1. The van der Waals surface area contributed by atoms with Crippen molar-refractivity contribution in [1.82, 2.24) is 4.90 Å². The summed E-state index contributed by atoms with van der Waals surface area (Å²) in [5.74, 6) is -1.37. The summed E-state index contributed by atoms with van der Waals surface area (Å²) in [6.07, 6.45) is 1.37. The molecule has 0 aromatic rings. The summed E-state index contributed by atoms with van der Waals surface area (Å²) in [6.45, 7) is 4.88. The predicted octanol–water partition coefficient (Wildman–Crippen LogP) is 0.435. The number of rotatable bonds is 5. The van der Waals surface area contributed by atoms with Crippen molar-refractivity contribution in [2.24, 2.45) is 5.73 Å². The number of nitrogens with two attached hydrogens (primary N) is 1. The van der Waals surface area contributed by atoms with Gasteiger partial charge in [-0.15, -0.1) is 0 Å². The predicted molar refractivity (Wildman–Crippen MR) is 57.4 cm³/mol. The highest BCUT2D eigenvalue weighted by molar-refractivity contribution is 5.88. The molecule has 5 heteroatoms. The van der Waals surface area contributed by atoms with E-state index < -0.39 is 17.6 Å². The van der Waals surface area contributed by atoms with Crippen LogP contribution in [-0.2, 0) is 9.59 Å². The number of likely N-dealkylation sites (N-methyl/N-ethyl adjacent to an activating group) is 1. The van der Waals surface area contributed by atoms with Crippen LogP contribution in [0.5, 0.6) is 0 Å². The number of hydrogen-bond donors (Lipinski definition) is 2. The van der Waals surface area contributed by atoms with Crippen LogP contribution in [0.1, 0.15) is 33.6 Å². The fourth-order valence-electron chi connectivity index (χ4n) is 1.10. The molecule has 0 aliphatic rings. The number of carbonyl (C=O) groups is 2. The van der Waals surface area contributed by atoms with Crippen molar-refractivity contribution in [2.45, 2.75) is 45.2 Å². The second kappa shape index (κ2) is 5.11. The molecule has 0 spiro atoms. The van der Waals surface area contributed by atoms with E-state index in [9.17, 15) is 9.59 Å². The second-order valence-electron chi connectivity index (χ2n) is 4.16. The van der Waals surface area contributed by atoms with Gasteiger partial charge in [-0.3, -0.25) is 4.79 Å². The number of aliphatic carboxylic acids is 1. The Bertz CT molecular complexity index is 251. The minimum atomic E-state index is -1.22. The summed E-state index contributed by atoms with van der Waals surface area (Å²) in [5.41, 5.74) is 4.42. The molecule has 15 heavy (non-hydrogen) atoms. The molecule has 1 amide bonds. The summed E-state index contributed by atoms with van der Waals surface area (Å²) >= 11 is 0. The van der Waals surface area contributed by atoms with Crippen LogP contribution in [0.25, 0.3) is 0 Å². The maximum absolute atomic E-state index is 11.7. The summed E-state index contributed by atoms with van der Waals surface area (Å²) in [4.78, 5) is 23.8. The van der Waals surface area contributed by atoms with Crippen molar-refractivity contribution in [3.05, 3.63) is 0 Å². The normalized spacial score (nSPS) is 13.4. The minimum absolute atomic E-state index is 0.329. The van der Waals surface area contributed by atoms with Gasteiger partial charge in [0.15, 0.2) is 0 Å². The van der Waals surface area contributed by atoms with Gasteiger partial charge in [0.1, 0.15) is 5.54 Å². The highest BCUT2D eigenvalue weighted by Crippen LogP contribution is 2.14. The van der Waals surface area contributed by atoms with Crippen LogP contribution in [0, 0.1) is 0 Å². The molecule has 0 heterocycles. The van der Waals surface area contributed by atoms with E-state index in [0.717, 1.165) is 6.42 Å². The lowest BCUT2D eigenvalue weighted by Crippen LogP contribution is -2.55. The van der Waals surface area contributed by atoms with E-state index in [1.807, 2.05) is 6.92 Å². The van der Waals surface area contributed by atoms with Crippen molar-refractivity contribution in [2.75, 3.05) is 7.05 Å². The zero-order valence-electron chi connectivity index (χ0n) is 9.78. The molecule has 0 aliphatic carbocycles. The zero-order chi connectivity index (χ0) is 12.2. The van der Waals surface area contributed by atoms with Crippen molar-refractivity contribution >= 4 is 11.9 Å². The lowest BCUT2D eigenvalue weighted by molar-refractivity contribution is -0.155. The summed E-state index contributed by atoms with van der Waals surface area (Å²) in [6, 6.07) is -0.612. The van der Waals surface area contributed by atoms with Gasteiger partial charge >= 0.3 is 5.97 Å². The van der Waals surface area contributed by atoms with Crippen molar-refractivity contribution in [1.29, 1.82) is 0 Å². The van der Waals surface area contributed by atoms with Crippen LogP contribution in [-0.4, -0.2) is 40.5 Å². The molecular formula is C10H20N2O3. The van der Waals surface area contributed by atoms with Gasteiger partial charge in [0.2, 0.25) is 5.91 Å². The first-order valence-corrected chi connectivity index (χ1v) is 5.01. The molecule has 0 unspecified atom stereocenters. The Labute approximate surface area is 90.2 Å². The van der Waals surface area contributed by atoms with Gasteiger partial charge in [-0.25, -0.2) is 4.79 Å². The molecule has 5 nitrogen and oxygen atoms in total. The molecule has 0 saturated heterocycles. The number of nitrogens with zero attached hydrogens (tertiary/aromatic N) is 1. The Morgan fingerprint density at radius 3 is 2.27 bits per heavy atom. The van der Waals surface area contributed by atoms with Gasteiger partial charge < -0.3 is 15.7 Å². The largest absolute Gasteiger partial charge is 0.480 e. The number of carbonyl (C=O) groups excluding carboxylic acids is 1. The Morgan fingerprint density at radius 2 is 1.93 bits per heavy atom. The van der Waals surface area contributed by atoms with E-state index in [-0.39, 0.29) is 5.91 Å². The Kier molecular flexibility index (Phi) is 4.74. The number of carboxylic acid groups (broad SMARTS) is 1. The molecule has 1 atom stereocenters. The molecular weight excluding hydrogens is 196 g/mol. The molecule has 0 saturated carbocycles. The first-order valence-electron chi connectivity index (χ1n) is 5.01. The third kappa shape index (κ3) is 3.20. The van der Waals surface area contributed by atoms with Gasteiger partial charge in [-0.2, -0.15) is 0 Å². The SMILES string of the molecule is CCC[C@@H](N)C(=O)N(C)C(C)(C)C(=O)O. The van der Waals surface area contributed by atoms with E-state index in [2.05, 4.69) is 0 Å². The van der Waals surface area contributed by atoms with Crippen LogP contribution < -0.4 is 5.73 Å². The van der Waals surface area contributed by atoms with Crippen molar-refractivity contribution in [3.63, 3.8) is 0 Å². The smallest absolute Gasteiger partial charge is 0.329 e. The van der Waals surface area contributed by atoms with Crippen LogP contribution >= 0.6 is 0 Å². The molecule has 3 N–H and O–H groups in total. The monoisotopic (exact) mass is 216 g/mol. The molecule has 0 bridgehead atoms. The van der Waals surface area contributed by atoms with Gasteiger partial charge in [-0.1, -0.05) is 13.3 Å². The summed E-state index contributed by atoms with van der Waals surface area (Å²) in [5, 5.41) is 8.94. The van der Waals surface area contributed by atoms with Crippen LogP contribution in [0.15, 0.2) is 0 Å². The maximum atomic E-state index is 11.7. The fourth-order valence-corrected chi connectivity index (χ4v) is 1.10. The lowest BCUT2D eigenvalue weighted by Gasteiger charge is -2.33. The van der Waals surface area contributed by atoms with Gasteiger partial charge in [0, 0.05) is 7.05 Å². The van der Waals surface area contributed by atoms with Crippen LogP contribution in [0.2, 0.25) is 0 Å². The summed E-state index contributed by atoms with van der Waals surface area (Å²) < 4.78 is 0. The van der Waals surface area contributed by atoms with Gasteiger partial charge in [0.25, 0.3) is 0 Å². The standard InChI is InChI=1S/C10H20N2O3/c1-5-6-7(11)8(13)12(4)10(2,3)9(14)15/h7H,5-6,11H2,1-4H3,(H,14,15)/t7-/m1/s1. The van der Waals surface area contributed by atoms with E-state index in [4.69, 9.17) is 10.8 Å². The average molecular weight is 216 g/mol. The molecule has 88 valence electrons. The Balaban J connectivity index is 4.64. The highest BCUT2D eigenvalue weighted by atomic mass is 16.4. The lowest BCUT2D eigenvalue weighted by atomic mass is 10.0. The molecule has 0 fully saturated rings. The van der Waals surface area contributed by atoms with E-state index in [1.165, 1.54) is 25.8 Å². The highest BCUT2D eigenvalue weighted by Gasteiger charge is 2.36. The van der Waals surface area contributed by atoms with E-state index in [1.54, 1.807) is 0 Å². The number of amides is 1. The average Bonchev–Trinajstić information content (AvgIpc) is 2.15. The zero-order valence-corrected chi connectivity index (χ0v) is 9.78. The molecule has 0 aliphatic heterocycles. The number of hydrogen-bond acceptors (Lipinski definition) is 3. The Hall–Kier alpha value is -1.10. The van der Waals surface area contributed by atoms with E-state index in [0.29, 0.717) is 6.42 Å². The third-order valence-electron chi connectivity index (χ3n) is 2.61. The van der Waals surface area contributed by atoms with E-state index >= 15 is 0 Å². The topological polar surface area (TPSA) is 83.6 Å². The van der Waals surface area contributed by atoms with Gasteiger partial charge in [-0.05, 0) is 20.3 Å². The molecule has 0 radical (unpaired) electrons. The first kappa shape index (κ1) is 13.9. The molecule has 0 aromatic carbocycles. The summed E-state index contributed by atoms with van der Waals surface area (Å²) in [7, 11) is 1.46. The van der Waals surface area contributed by atoms with Crippen LogP contribution in [0.4, 0.5) is 0 Å². The van der Waals surface area contributed by atoms with Gasteiger partial charge in [0.05, 0.1) is 6.04 Å². The minimum Gasteiger partial charge on any atom is -0.480 e. The second-order valence-corrected chi connectivity index (χ2v) is 4.16. The van der Waals surface area contributed by atoms with Crippen molar-refractivity contribution in [3.8, 4) is 0 Å². The Morgan fingerprint density at radius 1 is 1.47 bits per heavy atom. The quantitative estimate of drug-likeness (QED) is 0.698. The van der Waals surface area contributed by atoms with Crippen molar-refractivity contribution < 1.29 is 14.7 Å². The maximum Gasteiger partial charge on any atom is 0.329 e. The molecule has 0 aromatic heterocycles. The fraction of sp³-hybridized carbons (Fsp3) is 0.800. The molecule has 0 rings (SSSR count).